The second kappa shape index (κ2) is 5.72. The topological polar surface area (TPSA) is 72.7 Å². The minimum absolute atomic E-state index is 0.293. The van der Waals surface area contributed by atoms with Gasteiger partial charge in [0.05, 0.1) is 0 Å². The zero-order chi connectivity index (χ0) is 14.7. The number of benzene rings is 1. The van der Waals surface area contributed by atoms with Gasteiger partial charge in [-0.25, -0.2) is 4.98 Å². The summed E-state index contributed by atoms with van der Waals surface area (Å²) in [6, 6.07) is 12.1. The van der Waals surface area contributed by atoms with Crippen molar-refractivity contribution in [1.29, 1.82) is 0 Å². The molecule has 0 aliphatic rings. The van der Waals surface area contributed by atoms with Gasteiger partial charge >= 0.3 is 0 Å². The number of hydrogen-bond donors (Lipinski definition) is 1. The van der Waals surface area contributed by atoms with Crippen LogP contribution in [0.5, 0.6) is 0 Å². The van der Waals surface area contributed by atoms with Crippen molar-refractivity contribution in [2.45, 2.75) is 0 Å². The highest BCUT2D eigenvalue weighted by Crippen LogP contribution is 2.15. The van der Waals surface area contributed by atoms with Crippen molar-refractivity contribution >= 4 is 23.2 Å². The highest BCUT2D eigenvalue weighted by Gasteiger charge is 2.09. The van der Waals surface area contributed by atoms with Gasteiger partial charge in [-0.2, -0.15) is 0 Å². The van der Waals surface area contributed by atoms with Gasteiger partial charge in [-0.1, -0.05) is 23.7 Å². The molecule has 0 unspecified atom stereocenters. The Morgan fingerprint density at radius 3 is 2.62 bits per heavy atom. The highest BCUT2D eigenvalue weighted by atomic mass is 35.5. The van der Waals surface area contributed by atoms with Gasteiger partial charge in [0.25, 0.3) is 5.91 Å². The number of nitrogens with zero attached hydrogens (tertiary/aromatic N) is 4. The molecule has 1 aromatic carbocycles. The standard InChI is InChI=1S/C14H10ClN5O/c15-10-3-1-4-11(7-10)18-14(21)12-5-2-6-13(19-12)20-8-16-17-9-20/h1-9H,(H,18,21). The largest absolute Gasteiger partial charge is 0.321 e. The Morgan fingerprint density at radius 1 is 1.10 bits per heavy atom. The summed E-state index contributed by atoms with van der Waals surface area (Å²) < 4.78 is 1.62. The third-order valence-electron chi connectivity index (χ3n) is 2.73. The van der Waals surface area contributed by atoms with E-state index in [1.54, 1.807) is 47.0 Å². The van der Waals surface area contributed by atoms with E-state index in [9.17, 15) is 4.79 Å². The molecule has 3 aromatic rings. The number of hydrogen-bond acceptors (Lipinski definition) is 4. The van der Waals surface area contributed by atoms with Crippen LogP contribution in [0.2, 0.25) is 5.02 Å². The van der Waals surface area contributed by atoms with E-state index >= 15 is 0 Å². The molecule has 1 amide bonds. The van der Waals surface area contributed by atoms with E-state index < -0.39 is 0 Å². The number of carbonyl (C=O) groups excluding carboxylic acids is 1. The summed E-state index contributed by atoms with van der Waals surface area (Å²) in [5, 5.41) is 10.7. The first-order chi connectivity index (χ1) is 10.2. The summed E-state index contributed by atoms with van der Waals surface area (Å²) in [4.78, 5) is 16.5. The van der Waals surface area contributed by atoms with Crippen LogP contribution in [0.1, 0.15) is 10.5 Å². The van der Waals surface area contributed by atoms with Crippen LogP contribution < -0.4 is 5.32 Å². The molecule has 0 spiro atoms. The molecule has 21 heavy (non-hydrogen) atoms. The zero-order valence-electron chi connectivity index (χ0n) is 10.8. The minimum atomic E-state index is -0.313. The number of anilines is 1. The predicted molar refractivity (Wildman–Crippen MR) is 78.6 cm³/mol. The fraction of sp³-hybridized carbons (Fsp3) is 0. The van der Waals surface area contributed by atoms with Gasteiger partial charge in [0.15, 0.2) is 0 Å². The van der Waals surface area contributed by atoms with E-state index in [1.807, 2.05) is 0 Å². The Balaban J connectivity index is 1.83. The number of rotatable bonds is 3. The molecule has 0 fully saturated rings. The second-order valence-electron chi connectivity index (χ2n) is 4.21. The van der Waals surface area contributed by atoms with Crippen LogP contribution in [0.3, 0.4) is 0 Å². The van der Waals surface area contributed by atoms with Crippen LogP contribution in [-0.4, -0.2) is 25.7 Å². The van der Waals surface area contributed by atoms with Crippen molar-refractivity contribution in [3.8, 4) is 5.82 Å². The number of nitrogens with one attached hydrogen (secondary N) is 1. The van der Waals surface area contributed by atoms with Crippen LogP contribution in [0.4, 0.5) is 5.69 Å². The molecular weight excluding hydrogens is 290 g/mol. The molecule has 7 heteroatoms. The summed E-state index contributed by atoms with van der Waals surface area (Å²) in [6.07, 6.45) is 3.03. The maximum absolute atomic E-state index is 12.2. The van der Waals surface area contributed by atoms with Crippen molar-refractivity contribution in [3.63, 3.8) is 0 Å². The number of halogens is 1. The van der Waals surface area contributed by atoms with Gasteiger partial charge in [0.2, 0.25) is 0 Å². The summed E-state index contributed by atoms with van der Waals surface area (Å²) in [5.74, 6) is 0.255. The van der Waals surface area contributed by atoms with Gasteiger partial charge in [-0.05, 0) is 30.3 Å². The van der Waals surface area contributed by atoms with Crippen molar-refractivity contribution in [2.75, 3.05) is 5.32 Å². The lowest BCUT2D eigenvalue weighted by Gasteiger charge is -2.06. The SMILES string of the molecule is O=C(Nc1cccc(Cl)c1)c1cccc(-n2cnnc2)n1. The Hall–Kier alpha value is -2.73. The predicted octanol–water partition coefficient (Wildman–Crippen LogP) is 2.57. The lowest BCUT2D eigenvalue weighted by molar-refractivity contribution is 0.102. The Kier molecular flexibility index (Phi) is 3.61. The van der Waals surface area contributed by atoms with E-state index in [-0.39, 0.29) is 5.91 Å². The first kappa shape index (κ1) is 13.3. The normalized spacial score (nSPS) is 10.3. The average Bonchev–Trinajstić information content (AvgIpc) is 3.02. The van der Waals surface area contributed by atoms with Crippen LogP contribution in [-0.2, 0) is 0 Å². The molecule has 3 rings (SSSR count). The Bertz CT molecular complexity index is 773. The summed E-state index contributed by atoms with van der Waals surface area (Å²) in [7, 11) is 0. The number of carbonyl (C=O) groups is 1. The Labute approximate surface area is 125 Å². The lowest BCUT2D eigenvalue weighted by atomic mass is 10.3. The van der Waals surface area contributed by atoms with Crippen molar-refractivity contribution in [3.05, 3.63) is 65.8 Å². The zero-order valence-corrected chi connectivity index (χ0v) is 11.5. The molecule has 104 valence electrons. The quantitative estimate of drug-likeness (QED) is 0.806. The summed E-state index contributed by atoms with van der Waals surface area (Å²) in [5.41, 5.74) is 0.908. The third-order valence-corrected chi connectivity index (χ3v) is 2.97. The number of amides is 1. The highest BCUT2D eigenvalue weighted by molar-refractivity contribution is 6.30. The van der Waals surface area contributed by atoms with Gasteiger partial charge < -0.3 is 5.32 Å². The van der Waals surface area contributed by atoms with Crippen LogP contribution in [0.25, 0.3) is 5.82 Å². The van der Waals surface area contributed by atoms with Gasteiger partial charge in [-0.15, -0.1) is 10.2 Å². The van der Waals surface area contributed by atoms with Gasteiger partial charge in [0, 0.05) is 10.7 Å². The fourth-order valence-electron chi connectivity index (χ4n) is 1.77. The van der Waals surface area contributed by atoms with Gasteiger partial charge in [0.1, 0.15) is 24.2 Å². The molecular formula is C14H10ClN5O. The summed E-state index contributed by atoms with van der Waals surface area (Å²) >= 11 is 5.88. The number of pyridine rings is 1. The third kappa shape index (κ3) is 3.06. The molecule has 1 N–H and O–H groups in total. The molecule has 0 saturated heterocycles. The molecule has 2 heterocycles. The van der Waals surface area contributed by atoms with E-state index in [0.717, 1.165) is 0 Å². The van der Waals surface area contributed by atoms with Crippen LogP contribution >= 0.6 is 11.6 Å². The van der Waals surface area contributed by atoms with E-state index in [0.29, 0.717) is 22.2 Å². The monoisotopic (exact) mass is 299 g/mol. The molecule has 2 aromatic heterocycles. The molecule has 0 aliphatic heterocycles. The van der Waals surface area contributed by atoms with E-state index in [1.165, 1.54) is 12.7 Å². The molecule has 0 aliphatic carbocycles. The summed E-state index contributed by atoms with van der Waals surface area (Å²) in [6.45, 7) is 0. The second-order valence-corrected chi connectivity index (χ2v) is 4.65. The molecule has 0 bridgehead atoms. The van der Waals surface area contributed by atoms with E-state index in [2.05, 4.69) is 20.5 Å². The molecule has 0 radical (unpaired) electrons. The van der Waals surface area contributed by atoms with E-state index in [4.69, 9.17) is 11.6 Å². The van der Waals surface area contributed by atoms with Crippen molar-refractivity contribution < 1.29 is 4.79 Å². The Morgan fingerprint density at radius 2 is 1.86 bits per heavy atom. The average molecular weight is 300 g/mol. The van der Waals surface area contributed by atoms with Crippen LogP contribution in [0, 0.1) is 0 Å². The molecule has 0 saturated carbocycles. The first-order valence-electron chi connectivity index (χ1n) is 6.11. The fourth-order valence-corrected chi connectivity index (χ4v) is 1.96. The van der Waals surface area contributed by atoms with Crippen molar-refractivity contribution in [1.82, 2.24) is 19.7 Å². The lowest BCUT2D eigenvalue weighted by Crippen LogP contribution is -2.14. The smallest absolute Gasteiger partial charge is 0.274 e. The minimum Gasteiger partial charge on any atom is -0.321 e. The van der Waals surface area contributed by atoms with Crippen molar-refractivity contribution in [2.24, 2.45) is 0 Å². The first-order valence-corrected chi connectivity index (χ1v) is 6.49. The van der Waals surface area contributed by atoms with Gasteiger partial charge in [-0.3, -0.25) is 9.36 Å². The number of aromatic nitrogens is 4. The van der Waals surface area contributed by atoms with Crippen LogP contribution in [0.15, 0.2) is 55.1 Å². The molecule has 0 atom stereocenters. The maximum Gasteiger partial charge on any atom is 0.274 e. The molecule has 6 nitrogen and oxygen atoms in total. The maximum atomic E-state index is 12.2.